The second kappa shape index (κ2) is 3.36. The summed E-state index contributed by atoms with van der Waals surface area (Å²) in [7, 11) is 0. The Kier molecular flexibility index (Phi) is 2.42. The minimum absolute atomic E-state index is 0.571. The molecule has 0 bridgehead atoms. The van der Waals surface area contributed by atoms with Crippen molar-refractivity contribution in [2.24, 2.45) is 0 Å². The van der Waals surface area contributed by atoms with Crippen LogP contribution < -0.4 is 5.32 Å². The molecule has 0 amide bonds. The van der Waals surface area contributed by atoms with Gasteiger partial charge in [0.1, 0.15) is 0 Å². The maximum Gasteiger partial charge on any atom is 0.0279 e. The Morgan fingerprint density at radius 3 is 2.91 bits per heavy atom. The third kappa shape index (κ3) is 1.73. The highest BCUT2D eigenvalue weighted by Crippen LogP contribution is 2.33. The van der Waals surface area contributed by atoms with E-state index in [-0.39, 0.29) is 0 Å². The molecule has 2 heteroatoms. The van der Waals surface area contributed by atoms with Gasteiger partial charge in [0, 0.05) is 11.3 Å². The highest BCUT2D eigenvalue weighted by molar-refractivity contribution is 7.99. The van der Waals surface area contributed by atoms with Crippen LogP contribution in [0.5, 0.6) is 0 Å². The summed E-state index contributed by atoms with van der Waals surface area (Å²) in [5, 5.41) is 3.74. The van der Waals surface area contributed by atoms with E-state index in [4.69, 9.17) is 0 Å². The largest absolute Gasteiger partial charge is 0.310 e. The summed E-state index contributed by atoms with van der Waals surface area (Å²) in [4.78, 5) is 0. The molecule has 0 aliphatic carbocycles. The molecule has 0 saturated carbocycles. The third-order valence-electron chi connectivity index (χ3n) is 2.94. The van der Waals surface area contributed by atoms with Crippen LogP contribution in [0.4, 0.5) is 0 Å². The molecule has 1 unspecified atom stereocenters. The fourth-order valence-electron chi connectivity index (χ4n) is 2.15. The van der Waals surface area contributed by atoms with Gasteiger partial charge in [0.2, 0.25) is 0 Å². The van der Waals surface area contributed by atoms with Crippen molar-refractivity contribution in [2.45, 2.75) is 37.6 Å². The summed E-state index contributed by atoms with van der Waals surface area (Å²) in [5.74, 6) is 2.75. The van der Waals surface area contributed by atoms with Gasteiger partial charge in [0.25, 0.3) is 0 Å². The second-order valence-electron chi connectivity index (χ2n) is 3.82. The molecular weight excluding hydrogens is 154 g/mol. The summed E-state index contributed by atoms with van der Waals surface area (Å²) in [6, 6.07) is 0. The van der Waals surface area contributed by atoms with E-state index in [2.05, 4.69) is 17.1 Å². The fraction of sp³-hybridized carbons (Fsp3) is 1.00. The van der Waals surface area contributed by atoms with Gasteiger partial charge in [-0.25, -0.2) is 0 Å². The van der Waals surface area contributed by atoms with Crippen LogP contribution in [0.3, 0.4) is 0 Å². The Morgan fingerprint density at radius 1 is 1.09 bits per heavy atom. The Hall–Kier alpha value is 0.310. The van der Waals surface area contributed by atoms with E-state index in [9.17, 15) is 0 Å². The standard InChI is InChI=1S/C9H17NS/c1-2-4-9(10-6-3-1)5-7-11-8-9/h10H,1-8H2. The Morgan fingerprint density at radius 2 is 2.09 bits per heavy atom. The molecule has 2 aliphatic heterocycles. The lowest BCUT2D eigenvalue weighted by Crippen LogP contribution is -2.44. The van der Waals surface area contributed by atoms with Crippen molar-refractivity contribution in [1.29, 1.82) is 0 Å². The van der Waals surface area contributed by atoms with Gasteiger partial charge in [-0.15, -0.1) is 0 Å². The minimum atomic E-state index is 0.571. The molecule has 0 aromatic heterocycles. The van der Waals surface area contributed by atoms with E-state index in [0.717, 1.165) is 0 Å². The van der Waals surface area contributed by atoms with E-state index in [0.29, 0.717) is 5.54 Å². The van der Waals surface area contributed by atoms with E-state index >= 15 is 0 Å². The van der Waals surface area contributed by atoms with Gasteiger partial charge >= 0.3 is 0 Å². The average Bonchev–Trinajstić information content (AvgIpc) is 2.32. The first kappa shape index (κ1) is 7.93. The Balaban J connectivity index is 1.97. The van der Waals surface area contributed by atoms with Crippen molar-refractivity contribution in [2.75, 3.05) is 18.1 Å². The molecule has 64 valence electrons. The minimum Gasteiger partial charge on any atom is -0.310 e. The Labute approximate surface area is 73.3 Å². The van der Waals surface area contributed by atoms with E-state index in [1.807, 2.05) is 0 Å². The van der Waals surface area contributed by atoms with Gasteiger partial charge in [-0.1, -0.05) is 12.8 Å². The normalized spacial score (nSPS) is 39.3. The molecule has 2 saturated heterocycles. The molecule has 1 spiro atoms. The van der Waals surface area contributed by atoms with Crippen LogP contribution in [0.15, 0.2) is 0 Å². The molecule has 2 rings (SSSR count). The van der Waals surface area contributed by atoms with Gasteiger partial charge < -0.3 is 5.32 Å². The molecule has 0 aromatic rings. The number of thioether (sulfide) groups is 1. The fourth-order valence-corrected chi connectivity index (χ4v) is 3.61. The van der Waals surface area contributed by atoms with Crippen molar-refractivity contribution in [1.82, 2.24) is 5.32 Å². The molecule has 0 radical (unpaired) electrons. The molecule has 1 atom stereocenters. The summed E-state index contributed by atoms with van der Waals surface area (Å²) < 4.78 is 0. The first-order chi connectivity index (χ1) is 5.41. The molecule has 1 nitrogen and oxygen atoms in total. The van der Waals surface area contributed by atoms with E-state index < -0.39 is 0 Å². The van der Waals surface area contributed by atoms with Gasteiger partial charge in [0.05, 0.1) is 0 Å². The number of nitrogens with one attached hydrogen (secondary N) is 1. The van der Waals surface area contributed by atoms with Crippen LogP contribution in [0, 0.1) is 0 Å². The van der Waals surface area contributed by atoms with Crippen molar-refractivity contribution < 1.29 is 0 Å². The second-order valence-corrected chi connectivity index (χ2v) is 4.93. The van der Waals surface area contributed by atoms with Crippen molar-refractivity contribution in [3.63, 3.8) is 0 Å². The summed E-state index contributed by atoms with van der Waals surface area (Å²) >= 11 is 2.13. The number of hydrogen-bond acceptors (Lipinski definition) is 2. The molecular formula is C9H17NS. The van der Waals surface area contributed by atoms with Gasteiger partial charge in [-0.2, -0.15) is 11.8 Å². The summed E-state index contributed by atoms with van der Waals surface area (Å²) in [6.45, 7) is 1.26. The zero-order chi connectivity index (χ0) is 7.57. The lowest BCUT2D eigenvalue weighted by molar-refractivity contribution is 0.358. The van der Waals surface area contributed by atoms with Gasteiger partial charge in [0.15, 0.2) is 0 Å². The first-order valence-electron chi connectivity index (χ1n) is 4.74. The topological polar surface area (TPSA) is 12.0 Å². The number of rotatable bonds is 0. The summed E-state index contributed by atoms with van der Waals surface area (Å²) in [5.41, 5.74) is 0.571. The Bertz CT molecular complexity index is 120. The molecule has 1 N–H and O–H groups in total. The molecule has 11 heavy (non-hydrogen) atoms. The highest BCUT2D eigenvalue weighted by Gasteiger charge is 2.33. The van der Waals surface area contributed by atoms with Crippen LogP contribution in [0.25, 0.3) is 0 Å². The maximum absolute atomic E-state index is 3.74. The molecule has 2 heterocycles. The van der Waals surface area contributed by atoms with Crippen LogP contribution in [-0.2, 0) is 0 Å². The molecule has 0 aromatic carbocycles. The highest BCUT2D eigenvalue weighted by atomic mass is 32.2. The number of hydrogen-bond donors (Lipinski definition) is 1. The third-order valence-corrected chi connectivity index (χ3v) is 4.18. The quantitative estimate of drug-likeness (QED) is 0.598. The molecule has 2 aliphatic rings. The van der Waals surface area contributed by atoms with Crippen LogP contribution in [0.2, 0.25) is 0 Å². The van der Waals surface area contributed by atoms with Crippen LogP contribution in [-0.4, -0.2) is 23.6 Å². The van der Waals surface area contributed by atoms with Gasteiger partial charge in [-0.05, 0) is 31.6 Å². The van der Waals surface area contributed by atoms with Crippen LogP contribution in [0.1, 0.15) is 32.1 Å². The van der Waals surface area contributed by atoms with E-state index in [1.165, 1.54) is 50.2 Å². The lowest BCUT2D eigenvalue weighted by atomic mass is 9.93. The monoisotopic (exact) mass is 171 g/mol. The SMILES string of the molecule is C1CCNC2(CC1)CCSC2. The van der Waals surface area contributed by atoms with Crippen molar-refractivity contribution in [3.8, 4) is 0 Å². The first-order valence-corrected chi connectivity index (χ1v) is 5.90. The zero-order valence-electron chi connectivity index (χ0n) is 7.07. The van der Waals surface area contributed by atoms with Gasteiger partial charge in [-0.3, -0.25) is 0 Å². The maximum atomic E-state index is 3.74. The van der Waals surface area contributed by atoms with Crippen molar-refractivity contribution >= 4 is 11.8 Å². The molecule has 2 fully saturated rings. The predicted molar refractivity (Wildman–Crippen MR) is 51.1 cm³/mol. The average molecular weight is 171 g/mol. The van der Waals surface area contributed by atoms with Crippen molar-refractivity contribution in [3.05, 3.63) is 0 Å². The lowest BCUT2D eigenvalue weighted by Gasteiger charge is -2.27. The summed E-state index contributed by atoms with van der Waals surface area (Å²) in [6.07, 6.45) is 7.14. The van der Waals surface area contributed by atoms with E-state index in [1.54, 1.807) is 0 Å². The zero-order valence-corrected chi connectivity index (χ0v) is 7.88. The van der Waals surface area contributed by atoms with Crippen LogP contribution >= 0.6 is 11.8 Å². The predicted octanol–water partition coefficient (Wildman–Crippen LogP) is 2.03. The smallest absolute Gasteiger partial charge is 0.0279 e.